The molecule has 1 heterocycles. The molecule has 0 atom stereocenters. The van der Waals surface area contributed by atoms with Crippen molar-refractivity contribution in [2.24, 2.45) is 0 Å². The molecule has 0 fully saturated rings. The summed E-state index contributed by atoms with van der Waals surface area (Å²) in [6, 6.07) is 1.55. The van der Waals surface area contributed by atoms with Crippen molar-refractivity contribution in [3.8, 4) is 5.75 Å². The Morgan fingerprint density at radius 3 is 2.67 bits per heavy atom. The van der Waals surface area contributed by atoms with Crippen LogP contribution in [0, 0.1) is 0 Å². The van der Waals surface area contributed by atoms with Crippen LogP contribution in [-0.4, -0.2) is 28.2 Å². The van der Waals surface area contributed by atoms with Crippen molar-refractivity contribution in [2.75, 3.05) is 13.6 Å². The van der Waals surface area contributed by atoms with Gasteiger partial charge in [-0.3, -0.25) is 4.79 Å². The Bertz CT molecular complexity index is 426. The van der Waals surface area contributed by atoms with E-state index in [1.165, 1.54) is 6.42 Å². The number of hydrogen-bond donors (Lipinski definition) is 1. The molecule has 18 heavy (non-hydrogen) atoms. The van der Waals surface area contributed by atoms with Crippen LogP contribution >= 0.6 is 0 Å². The number of hydrogen-bond acceptors (Lipinski definition) is 3. The zero-order valence-electron chi connectivity index (χ0n) is 11.6. The Kier molecular flexibility index (Phi) is 5.92. The van der Waals surface area contributed by atoms with Gasteiger partial charge < -0.3 is 14.6 Å². The number of aromatic nitrogens is 1. The Morgan fingerprint density at radius 1 is 1.33 bits per heavy atom. The van der Waals surface area contributed by atoms with Crippen LogP contribution in [0.2, 0.25) is 0 Å². The summed E-state index contributed by atoms with van der Waals surface area (Å²) in [6.07, 6.45) is 4.86. The minimum absolute atomic E-state index is 0.164. The third kappa shape index (κ3) is 4.18. The van der Waals surface area contributed by atoms with Crippen molar-refractivity contribution in [3.63, 3.8) is 0 Å². The standard InChI is InChI=1S/C14H24N2O2/c1-4-6-8-15(3)10-12-9-13(17)14(18)11-16(12)7-5-2/h9,11,18H,4-8,10H2,1-3H3. The molecule has 0 saturated heterocycles. The second kappa shape index (κ2) is 7.21. The predicted octanol–water partition coefficient (Wildman–Crippen LogP) is 2.20. The molecule has 4 nitrogen and oxygen atoms in total. The van der Waals surface area contributed by atoms with E-state index < -0.39 is 0 Å². The predicted molar refractivity (Wildman–Crippen MR) is 73.9 cm³/mol. The van der Waals surface area contributed by atoms with E-state index in [0.717, 1.165) is 38.2 Å². The highest BCUT2D eigenvalue weighted by Gasteiger charge is 2.07. The van der Waals surface area contributed by atoms with Gasteiger partial charge >= 0.3 is 0 Å². The molecular weight excluding hydrogens is 228 g/mol. The quantitative estimate of drug-likeness (QED) is 0.809. The van der Waals surface area contributed by atoms with Gasteiger partial charge in [0.1, 0.15) is 0 Å². The second-order valence-electron chi connectivity index (χ2n) is 4.80. The molecule has 0 spiro atoms. The molecule has 0 aliphatic rings. The molecule has 0 bridgehead atoms. The Balaban J connectivity index is 2.85. The number of aryl methyl sites for hydroxylation is 1. The van der Waals surface area contributed by atoms with Gasteiger partial charge in [0.2, 0.25) is 5.43 Å². The highest BCUT2D eigenvalue weighted by molar-refractivity contribution is 5.20. The topological polar surface area (TPSA) is 45.5 Å². The van der Waals surface area contributed by atoms with Crippen LogP contribution in [0.15, 0.2) is 17.1 Å². The van der Waals surface area contributed by atoms with Gasteiger partial charge in [-0.1, -0.05) is 20.3 Å². The number of pyridine rings is 1. The Labute approximate surface area is 109 Å². The van der Waals surface area contributed by atoms with E-state index in [1.54, 1.807) is 12.3 Å². The lowest BCUT2D eigenvalue weighted by molar-refractivity contribution is 0.309. The summed E-state index contributed by atoms with van der Waals surface area (Å²) in [5.74, 6) is -0.164. The van der Waals surface area contributed by atoms with Crippen LogP contribution in [0.25, 0.3) is 0 Å². The number of rotatable bonds is 7. The van der Waals surface area contributed by atoms with Crippen LogP contribution < -0.4 is 5.43 Å². The normalized spacial score (nSPS) is 11.1. The van der Waals surface area contributed by atoms with Crippen molar-refractivity contribution < 1.29 is 5.11 Å². The number of nitrogens with zero attached hydrogens (tertiary/aromatic N) is 2. The molecule has 1 rings (SSSR count). The molecule has 1 N–H and O–H groups in total. The van der Waals surface area contributed by atoms with Crippen molar-refractivity contribution in [2.45, 2.75) is 46.2 Å². The molecule has 0 amide bonds. The molecule has 0 aromatic carbocycles. The third-order valence-electron chi connectivity index (χ3n) is 2.99. The van der Waals surface area contributed by atoms with E-state index in [9.17, 15) is 9.90 Å². The third-order valence-corrected chi connectivity index (χ3v) is 2.99. The minimum atomic E-state index is -0.291. The number of unbranched alkanes of at least 4 members (excludes halogenated alkanes) is 1. The first-order valence-corrected chi connectivity index (χ1v) is 6.69. The first-order chi connectivity index (χ1) is 8.58. The first kappa shape index (κ1) is 14.8. The smallest absolute Gasteiger partial charge is 0.223 e. The highest BCUT2D eigenvalue weighted by Crippen LogP contribution is 2.09. The summed E-state index contributed by atoms with van der Waals surface area (Å²) in [4.78, 5) is 13.7. The SMILES string of the molecule is CCCCN(C)Cc1cc(=O)c(O)cn1CCC. The van der Waals surface area contributed by atoms with Gasteiger partial charge in [0.25, 0.3) is 0 Å². The van der Waals surface area contributed by atoms with E-state index in [-0.39, 0.29) is 11.2 Å². The summed E-state index contributed by atoms with van der Waals surface area (Å²) in [6.45, 7) is 6.85. The van der Waals surface area contributed by atoms with Crippen LogP contribution in [0.1, 0.15) is 38.8 Å². The van der Waals surface area contributed by atoms with Crippen molar-refractivity contribution in [1.29, 1.82) is 0 Å². The van der Waals surface area contributed by atoms with Gasteiger partial charge in [0.05, 0.1) is 6.20 Å². The van der Waals surface area contributed by atoms with E-state index in [4.69, 9.17) is 0 Å². The van der Waals surface area contributed by atoms with Crippen molar-refractivity contribution in [3.05, 3.63) is 28.2 Å². The van der Waals surface area contributed by atoms with Crippen LogP contribution in [-0.2, 0) is 13.1 Å². The molecule has 0 aliphatic heterocycles. The molecule has 1 aromatic heterocycles. The molecule has 4 heteroatoms. The van der Waals surface area contributed by atoms with Gasteiger partial charge in [-0.05, 0) is 26.4 Å². The summed E-state index contributed by atoms with van der Waals surface area (Å²) in [5.41, 5.74) is 0.680. The lowest BCUT2D eigenvalue weighted by Crippen LogP contribution is -2.23. The van der Waals surface area contributed by atoms with E-state index in [0.29, 0.717) is 0 Å². The molecule has 0 unspecified atom stereocenters. The van der Waals surface area contributed by atoms with Crippen LogP contribution in [0.4, 0.5) is 0 Å². The fourth-order valence-electron chi connectivity index (χ4n) is 1.97. The maximum absolute atomic E-state index is 11.5. The van der Waals surface area contributed by atoms with Gasteiger partial charge in [-0.25, -0.2) is 0 Å². The summed E-state index contributed by atoms with van der Waals surface area (Å²) >= 11 is 0. The zero-order chi connectivity index (χ0) is 13.5. The molecule has 1 aromatic rings. The molecule has 0 aliphatic carbocycles. The van der Waals surface area contributed by atoms with Gasteiger partial charge in [0.15, 0.2) is 5.75 Å². The summed E-state index contributed by atoms with van der Waals surface area (Å²) in [5, 5.41) is 9.48. The minimum Gasteiger partial charge on any atom is -0.503 e. The average Bonchev–Trinajstić information content (AvgIpc) is 2.33. The maximum Gasteiger partial charge on any atom is 0.223 e. The monoisotopic (exact) mass is 252 g/mol. The molecular formula is C14H24N2O2. The molecule has 102 valence electrons. The highest BCUT2D eigenvalue weighted by atomic mass is 16.3. The Hall–Kier alpha value is -1.29. The number of aromatic hydroxyl groups is 1. The summed E-state index contributed by atoms with van der Waals surface area (Å²) in [7, 11) is 2.06. The van der Waals surface area contributed by atoms with Crippen LogP contribution in [0.5, 0.6) is 5.75 Å². The van der Waals surface area contributed by atoms with Crippen LogP contribution in [0.3, 0.4) is 0 Å². The summed E-state index contributed by atoms with van der Waals surface area (Å²) < 4.78 is 1.97. The maximum atomic E-state index is 11.5. The van der Waals surface area contributed by atoms with Gasteiger partial charge in [-0.15, -0.1) is 0 Å². The fourth-order valence-corrected chi connectivity index (χ4v) is 1.97. The molecule has 0 radical (unpaired) electrons. The zero-order valence-corrected chi connectivity index (χ0v) is 11.6. The average molecular weight is 252 g/mol. The Morgan fingerprint density at radius 2 is 2.06 bits per heavy atom. The molecule has 0 saturated carbocycles. The van der Waals surface area contributed by atoms with Gasteiger partial charge in [-0.2, -0.15) is 0 Å². The van der Waals surface area contributed by atoms with E-state index >= 15 is 0 Å². The largest absolute Gasteiger partial charge is 0.503 e. The van der Waals surface area contributed by atoms with Crippen molar-refractivity contribution in [1.82, 2.24) is 9.47 Å². The van der Waals surface area contributed by atoms with E-state index in [1.807, 2.05) is 4.57 Å². The lowest BCUT2D eigenvalue weighted by atomic mass is 10.2. The lowest BCUT2D eigenvalue weighted by Gasteiger charge is -2.20. The van der Waals surface area contributed by atoms with Gasteiger partial charge in [0, 0.05) is 24.8 Å². The second-order valence-corrected chi connectivity index (χ2v) is 4.80. The van der Waals surface area contributed by atoms with Crippen molar-refractivity contribution >= 4 is 0 Å². The van der Waals surface area contributed by atoms with E-state index in [2.05, 4.69) is 25.8 Å². The fraction of sp³-hybridized carbons (Fsp3) is 0.643. The first-order valence-electron chi connectivity index (χ1n) is 6.69.